The van der Waals surface area contributed by atoms with E-state index in [2.05, 4.69) is 6.58 Å². The largest absolute Gasteiger partial charge is 0.431 e. The minimum absolute atomic E-state index is 0.396. The lowest BCUT2D eigenvalue weighted by Gasteiger charge is -2.24. The van der Waals surface area contributed by atoms with Crippen LogP contribution in [0.15, 0.2) is 72.9 Å². The second-order valence-corrected chi connectivity index (χ2v) is 4.88. The number of carbonyl (C=O) groups is 1. The minimum atomic E-state index is -0.825. The van der Waals surface area contributed by atoms with Crippen molar-refractivity contribution in [3.05, 3.63) is 78.5 Å². The summed E-state index contributed by atoms with van der Waals surface area (Å²) in [7, 11) is 0. The topological polar surface area (TPSA) is 29.5 Å². The summed E-state index contributed by atoms with van der Waals surface area (Å²) >= 11 is 0. The van der Waals surface area contributed by atoms with E-state index in [-0.39, 0.29) is 0 Å². The van der Waals surface area contributed by atoms with Crippen LogP contribution in [0, 0.1) is 0 Å². The van der Waals surface area contributed by atoms with Crippen molar-refractivity contribution in [3.8, 4) is 0 Å². The second kappa shape index (κ2) is 4.53. The van der Waals surface area contributed by atoms with E-state index in [9.17, 15) is 4.79 Å². The van der Waals surface area contributed by atoms with Crippen LogP contribution < -0.4 is 4.90 Å². The molecular formula is C17H15NO2. The number of para-hydroxylation sites is 1. The van der Waals surface area contributed by atoms with Gasteiger partial charge in [0.1, 0.15) is 0 Å². The van der Waals surface area contributed by atoms with E-state index in [4.69, 9.17) is 4.74 Å². The van der Waals surface area contributed by atoms with E-state index in [1.165, 1.54) is 4.90 Å². The highest BCUT2D eigenvalue weighted by molar-refractivity contribution is 5.95. The molecule has 0 saturated carbocycles. The Labute approximate surface area is 118 Å². The first kappa shape index (κ1) is 12.5. The van der Waals surface area contributed by atoms with Crippen molar-refractivity contribution in [2.24, 2.45) is 0 Å². The summed E-state index contributed by atoms with van der Waals surface area (Å²) in [5.41, 5.74) is 1.48. The molecule has 1 fully saturated rings. The van der Waals surface area contributed by atoms with Crippen LogP contribution in [0.2, 0.25) is 0 Å². The van der Waals surface area contributed by atoms with Crippen LogP contribution in [0.4, 0.5) is 10.5 Å². The lowest BCUT2D eigenvalue weighted by Crippen LogP contribution is -2.25. The number of ether oxygens (including phenoxy) is 1. The molecule has 3 heteroatoms. The van der Waals surface area contributed by atoms with Gasteiger partial charge in [0.05, 0.1) is 11.4 Å². The SMILES string of the molecule is C=C1N(c2ccccc2)C(=O)OC1(C)c1ccccc1. The third kappa shape index (κ3) is 1.79. The summed E-state index contributed by atoms with van der Waals surface area (Å²) in [5, 5.41) is 0. The molecule has 1 amide bonds. The fourth-order valence-corrected chi connectivity index (χ4v) is 2.42. The monoisotopic (exact) mass is 265 g/mol. The van der Waals surface area contributed by atoms with Crippen LogP contribution in [0.25, 0.3) is 0 Å². The molecule has 100 valence electrons. The Morgan fingerprint density at radius 2 is 1.55 bits per heavy atom. The Balaban J connectivity index is 2.03. The molecule has 1 aliphatic heterocycles. The smallest absolute Gasteiger partial charge is 0.420 e. The fourth-order valence-electron chi connectivity index (χ4n) is 2.42. The standard InChI is InChI=1S/C17H15NO2/c1-13-17(2,14-9-5-3-6-10-14)20-16(19)18(13)15-11-7-4-8-12-15/h3-12H,1H2,2H3. The highest BCUT2D eigenvalue weighted by Crippen LogP contribution is 2.42. The molecule has 0 aliphatic carbocycles. The number of amides is 1. The number of hydrogen-bond donors (Lipinski definition) is 0. The van der Waals surface area contributed by atoms with E-state index < -0.39 is 11.7 Å². The first-order valence-corrected chi connectivity index (χ1v) is 6.46. The molecule has 20 heavy (non-hydrogen) atoms. The molecule has 0 bridgehead atoms. The van der Waals surface area contributed by atoms with Gasteiger partial charge in [-0.2, -0.15) is 0 Å². The molecule has 1 saturated heterocycles. The lowest BCUT2D eigenvalue weighted by atomic mass is 9.93. The van der Waals surface area contributed by atoms with E-state index in [0.717, 1.165) is 11.3 Å². The van der Waals surface area contributed by atoms with Gasteiger partial charge in [-0.3, -0.25) is 0 Å². The Bertz CT molecular complexity index is 651. The van der Waals surface area contributed by atoms with Crippen molar-refractivity contribution < 1.29 is 9.53 Å². The zero-order valence-corrected chi connectivity index (χ0v) is 11.2. The maximum Gasteiger partial charge on any atom is 0.420 e. The van der Waals surface area contributed by atoms with Crippen LogP contribution in [0.5, 0.6) is 0 Å². The molecule has 3 nitrogen and oxygen atoms in total. The zero-order valence-electron chi connectivity index (χ0n) is 11.2. The number of nitrogens with zero attached hydrogens (tertiary/aromatic N) is 1. The molecule has 1 heterocycles. The van der Waals surface area contributed by atoms with Gasteiger partial charge in [-0.25, -0.2) is 9.69 Å². The van der Waals surface area contributed by atoms with Gasteiger partial charge in [0.25, 0.3) is 0 Å². The second-order valence-electron chi connectivity index (χ2n) is 4.88. The quantitative estimate of drug-likeness (QED) is 0.819. The number of benzene rings is 2. The molecule has 0 N–H and O–H groups in total. The third-order valence-electron chi connectivity index (χ3n) is 3.63. The summed E-state index contributed by atoms with van der Waals surface area (Å²) in [6.45, 7) is 5.94. The van der Waals surface area contributed by atoms with E-state index in [1.54, 1.807) is 0 Å². The van der Waals surface area contributed by atoms with Gasteiger partial charge in [0.15, 0.2) is 5.60 Å². The Kier molecular flexibility index (Phi) is 2.83. The summed E-state index contributed by atoms with van der Waals surface area (Å²) in [6.07, 6.45) is -0.396. The number of rotatable bonds is 2. The Hall–Kier alpha value is -2.55. The molecule has 0 aromatic heterocycles. The summed E-state index contributed by atoms with van der Waals surface area (Å²) in [4.78, 5) is 13.7. The molecule has 3 rings (SSSR count). The number of hydrogen-bond acceptors (Lipinski definition) is 2. The molecule has 1 atom stereocenters. The van der Waals surface area contributed by atoms with Crippen molar-refractivity contribution >= 4 is 11.8 Å². The minimum Gasteiger partial charge on any atom is -0.431 e. The molecule has 1 unspecified atom stereocenters. The molecule has 1 aliphatic rings. The van der Waals surface area contributed by atoms with Gasteiger partial charge < -0.3 is 4.74 Å². The molecule has 2 aromatic carbocycles. The third-order valence-corrected chi connectivity index (χ3v) is 3.63. The van der Waals surface area contributed by atoms with Gasteiger partial charge in [-0.05, 0) is 19.1 Å². The molecule has 2 aromatic rings. The Morgan fingerprint density at radius 1 is 1.00 bits per heavy atom. The lowest BCUT2D eigenvalue weighted by molar-refractivity contribution is 0.0839. The summed E-state index contributed by atoms with van der Waals surface area (Å²) in [6, 6.07) is 19.1. The van der Waals surface area contributed by atoms with Crippen LogP contribution in [0.3, 0.4) is 0 Å². The molecule has 0 spiro atoms. The summed E-state index contributed by atoms with van der Waals surface area (Å²) in [5.74, 6) is 0. The first-order valence-electron chi connectivity index (χ1n) is 6.46. The van der Waals surface area contributed by atoms with Gasteiger partial charge in [0, 0.05) is 5.56 Å². The number of carbonyl (C=O) groups excluding carboxylic acids is 1. The van der Waals surface area contributed by atoms with Crippen LogP contribution in [0.1, 0.15) is 12.5 Å². The van der Waals surface area contributed by atoms with Crippen molar-refractivity contribution in [1.82, 2.24) is 0 Å². The van der Waals surface area contributed by atoms with E-state index in [1.807, 2.05) is 67.6 Å². The average Bonchev–Trinajstić information content (AvgIpc) is 2.72. The van der Waals surface area contributed by atoms with Crippen molar-refractivity contribution in [2.45, 2.75) is 12.5 Å². The average molecular weight is 265 g/mol. The number of anilines is 1. The van der Waals surface area contributed by atoms with Crippen LogP contribution in [-0.4, -0.2) is 6.09 Å². The van der Waals surface area contributed by atoms with Crippen LogP contribution in [-0.2, 0) is 10.3 Å². The highest BCUT2D eigenvalue weighted by atomic mass is 16.6. The predicted octanol–water partition coefficient (Wildman–Crippen LogP) is 4.07. The highest BCUT2D eigenvalue weighted by Gasteiger charge is 2.47. The fraction of sp³-hybridized carbons (Fsp3) is 0.118. The molecular weight excluding hydrogens is 250 g/mol. The predicted molar refractivity (Wildman–Crippen MR) is 78.3 cm³/mol. The van der Waals surface area contributed by atoms with Gasteiger partial charge in [-0.15, -0.1) is 0 Å². The van der Waals surface area contributed by atoms with Crippen molar-refractivity contribution in [3.63, 3.8) is 0 Å². The maximum atomic E-state index is 12.2. The molecule has 0 radical (unpaired) electrons. The van der Waals surface area contributed by atoms with Gasteiger partial charge in [-0.1, -0.05) is 55.1 Å². The van der Waals surface area contributed by atoms with E-state index >= 15 is 0 Å². The summed E-state index contributed by atoms with van der Waals surface area (Å²) < 4.78 is 5.60. The van der Waals surface area contributed by atoms with Gasteiger partial charge in [0.2, 0.25) is 0 Å². The van der Waals surface area contributed by atoms with Crippen molar-refractivity contribution in [2.75, 3.05) is 4.90 Å². The van der Waals surface area contributed by atoms with E-state index in [0.29, 0.717) is 5.70 Å². The normalized spacial score (nSPS) is 21.9. The van der Waals surface area contributed by atoms with Crippen LogP contribution >= 0.6 is 0 Å². The Morgan fingerprint density at radius 3 is 2.15 bits per heavy atom. The maximum absolute atomic E-state index is 12.2. The number of cyclic esters (lactones) is 1. The van der Waals surface area contributed by atoms with Crippen molar-refractivity contribution in [1.29, 1.82) is 0 Å². The van der Waals surface area contributed by atoms with Gasteiger partial charge >= 0.3 is 6.09 Å². The first-order chi connectivity index (χ1) is 9.63. The zero-order chi connectivity index (χ0) is 14.2.